The fourth-order valence-corrected chi connectivity index (χ4v) is 1.20. The minimum Gasteiger partial charge on any atom is -0.294 e. The van der Waals surface area contributed by atoms with E-state index in [9.17, 15) is 0 Å². The van der Waals surface area contributed by atoms with Crippen molar-refractivity contribution in [3.8, 4) is 0 Å². The first-order chi connectivity index (χ1) is 4.88. The third kappa shape index (κ3) is 2.13. The van der Waals surface area contributed by atoms with E-state index in [4.69, 9.17) is 0 Å². The summed E-state index contributed by atoms with van der Waals surface area (Å²) < 4.78 is 0. The van der Waals surface area contributed by atoms with Crippen molar-refractivity contribution < 1.29 is 0 Å². The molecule has 1 heteroatoms. The van der Waals surface area contributed by atoms with Crippen LogP contribution in [0.2, 0.25) is 0 Å². The molecule has 0 aromatic rings. The molecular weight excluding hydrogens is 122 g/mol. The van der Waals surface area contributed by atoms with Gasteiger partial charge in [0.15, 0.2) is 0 Å². The van der Waals surface area contributed by atoms with Gasteiger partial charge in [0.1, 0.15) is 0 Å². The van der Waals surface area contributed by atoms with Gasteiger partial charge in [0.2, 0.25) is 0 Å². The zero-order valence-corrected chi connectivity index (χ0v) is 7.06. The fraction of sp³-hybridized carbons (Fsp3) is 0.889. The second-order valence-corrected chi connectivity index (χ2v) is 3.00. The van der Waals surface area contributed by atoms with E-state index in [1.165, 1.54) is 31.4 Å². The van der Waals surface area contributed by atoms with E-state index in [0.717, 1.165) is 12.5 Å². The molecule has 0 unspecified atom stereocenters. The van der Waals surface area contributed by atoms with Crippen LogP contribution >= 0.6 is 0 Å². The van der Waals surface area contributed by atoms with E-state index in [-0.39, 0.29) is 0 Å². The lowest BCUT2D eigenvalue weighted by Gasteiger charge is -1.98. The maximum absolute atomic E-state index is 4.54. The molecule has 0 aromatic heterocycles. The van der Waals surface area contributed by atoms with Crippen LogP contribution < -0.4 is 0 Å². The van der Waals surface area contributed by atoms with Crippen LogP contribution in [0.5, 0.6) is 0 Å². The van der Waals surface area contributed by atoms with E-state index in [2.05, 4.69) is 18.8 Å². The molecular formula is C9H17N. The van der Waals surface area contributed by atoms with Crippen LogP contribution in [-0.2, 0) is 0 Å². The molecule has 1 aliphatic carbocycles. The SMILES string of the molecule is CCC/N=C(/CC)C1CC1. The lowest BCUT2D eigenvalue weighted by molar-refractivity contribution is 0.909. The van der Waals surface area contributed by atoms with Gasteiger partial charge >= 0.3 is 0 Å². The Morgan fingerprint density at radius 1 is 1.40 bits per heavy atom. The first-order valence-electron chi connectivity index (χ1n) is 4.41. The maximum Gasteiger partial charge on any atom is 0.0386 e. The maximum atomic E-state index is 4.54. The standard InChI is InChI=1S/C9H17N/c1-3-7-10-9(4-2)8-5-6-8/h8H,3-7H2,1-2H3/b10-9-. The van der Waals surface area contributed by atoms with Crippen molar-refractivity contribution in [1.82, 2.24) is 0 Å². The Hall–Kier alpha value is -0.330. The number of hydrogen-bond acceptors (Lipinski definition) is 1. The van der Waals surface area contributed by atoms with E-state index >= 15 is 0 Å². The third-order valence-electron chi connectivity index (χ3n) is 1.95. The summed E-state index contributed by atoms with van der Waals surface area (Å²) in [7, 11) is 0. The molecule has 58 valence electrons. The van der Waals surface area contributed by atoms with Crippen molar-refractivity contribution in [3.63, 3.8) is 0 Å². The average molecular weight is 139 g/mol. The quantitative estimate of drug-likeness (QED) is 0.531. The predicted molar refractivity (Wildman–Crippen MR) is 45.6 cm³/mol. The van der Waals surface area contributed by atoms with Gasteiger partial charge in [-0.3, -0.25) is 4.99 Å². The largest absolute Gasteiger partial charge is 0.294 e. The molecule has 0 atom stereocenters. The summed E-state index contributed by atoms with van der Waals surface area (Å²) in [5.74, 6) is 0.886. The average Bonchev–Trinajstić information content (AvgIpc) is 2.73. The van der Waals surface area contributed by atoms with Crippen LogP contribution in [0.4, 0.5) is 0 Å². The van der Waals surface area contributed by atoms with Crippen LogP contribution in [0, 0.1) is 5.92 Å². The Morgan fingerprint density at radius 2 is 2.10 bits per heavy atom. The van der Waals surface area contributed by atoms with Crippen LogP contribution in [-0.4, -0.2) is 12.3 Å². The highest BCUT2D eigenvalue weighted by molar-refractivity contribution is 5.88. The summed E-state index contributed by atoms with van der Waals surface area (Å²) >= 11 is 0. The molecule has 0 amide bonds. The van der Waals surface area contributed by atoms with Crippen molar-refractivity contribution >= 4 is 5.71 Å². The lowest BCUT2D eigenvalue weighted by Crippen LogP contribution is -1.99. The molecule has 0 N–H and O–H groups in total. The van der Waals surface area contributed by atoms with Gasteiger partial charge in [-0.1, -0.05) is 13.8 Å². The molecule has 10 heavy (non-hydrogen) atoms. The smallest absolute Gasteiger partial charge is 0.0386 e. The van der Waals surface area contributed by atoms with Crippen molar-refractivity contribution in [3.05, 3.63) is 0 Å². The molecule has 1 nitrogen and oxygen atoms in total. The second kappa shape index (κ2) is 3.75. The minimum absolute atomic E-state index is 0.886. The summed E-state index contributed by atoms with van der Waals surface area (Å²) in [6, 6.07) is 0. The van der Waals surface area contributed by atoms with Crippen LogP contribution in [0.1, 0.15) is 39.5 Å². The molecule has 1 fully saturated rings. The second-order valence-electron chi connectivity index (χ2n) is 3.00. The van der Waals surface area contributed by atoms with Crippen molar-refractivity contribution in [2.24, 2.45) is 10.9 Å². The van der Waals surface area contributed by atoms with E-state index < -0.39 is 0 Å². The summed E-state index contributed by atoms with van der Waals surface area (Å²) in [5.41, 5.74) is 1.47. The first kappa shape index (κ1) is 7.77. The Bertz CT molecular complexity index is 123. The van der Waals surface area contributed by atoms with Gasteiger partial charge < -0.3 is 0 Å². The number of hydrogen-bond donors (Lipinski definition) is 0. The van der Waals surface area contributed by atoms with Crippen molar-refractivity contribution in [2.45, 2.75) is 39.5 Å². The molecule has 0 aromatic carbocycles. The highest BCUT2D eigenvalue weighted by Gasteiger charge is 2.25. The van der Waals surface area contributed by atoms with Crippen LogP contribution in [0.15, 0.2) is 4.99 Å². The number of rotatable bonds is 4. The van der Waals surface area contributed by atoms with E-state index in [1.807, 2.05) is 0 Å². The fourth-order valence-electron chi connectivity index (χ4n) is 1.20. The summed E-state index contributed by atoms with van der Waals surface area (Å²) in [5, 5.41) is 0. The van der Waals surface area contributed by atoms with Gasteiger partial charge in [-0.15, -0.1) is 0 Å². The van der Waals surface area contributed by atoms with E-state index in [0.29, 0.717) is 0 Å². The summed E-state index contributed by atoms with van der Waals surface area (Å²) in [6.45, 7) is 5.44. The number of aliphatic imine (C=N–C) groups is 1. The molecule has 0 saturated heterocycles. The lowest BCUT2D eigenvalue weighted by atomic mass is 10.2. The van der Waals surface area contributed by atoms with Crippen molar-refractivity contribution in [2.75, 3.05) is 6.54 Å². The van der Waals surface area contributed by atoms with Gasteiger partial charge in [-0.2, -0.15) is 0 Å². The van der Waals surface area contributed by atoms with E-state index in [1.54, 1.807) is 0 Å². The Labute approximate surface area is 63.5 Å². The van der Waals surface area contributed by atoms with Gasteiger partial charge in [0.25, 0.3) is 0 Å². The van der Waals surface area contributed by atoms with Crippen molar-refractivity contribution in [1.29, 1.82) is 0 Å². The molecule has 0 aliphatic heterocycles. The van der Waals surface area contributed by atoms with Crippen LogP contribution in [0.3, 0.4) is 0 Å². The molecule has 1 saturated carbocycles. The van der Waals surface area contributed by atoms with Crippen LogP contribution in [0.25, 0.3) is 0 Å². The molecule has 0 heterocycles. The topological polar surface area (TPSA) is 12.4 Å². The monoisotopic (exact) mass is 139 g/mol. The zero-order valence-electron chi connectivity index (χ0n) is 7.06. The van der Waals surface area contributed by atoms with Gasteiger partial charge in [-0.25, -0.2) is 0 Å². The molecule has 1 aliphatic rings. The highest BCUT2D eigenvalue weighted by Crippen LogP contribution is 2.31. The summed E-state index contributed by atoms with van der Waals surface area (Å²) in [6.07, 6.45) is 5.16. The van der Waals surface area contributed by atoms with Gasteiger partial charge in [0, 0.05) is 12.3 Å². The highest BCUT2D eigenvalue weighted by atomic mass is 14.7. The first-order valence-corrected chi connectivity index (χ1v) is 4.41. The Kier molecular flexibility index (Phi) is 2.91. The molecule has 0 bridgehead atoms. The molecule has 0 spiro atoms. The normalized spacial score (nSPS) is 19.6. The number of nitrogens with zero attached hydrogens (tertiary/aromatic N) is 1. The predicted octanol–water partition coefficient (Wildman–Crippen LogP) is 2.66. The van der Waals surface area contributed by atoms with Gasteiger partial charge in [-0.05, 0) is 31.6 Å². The Morgan fingerprint density at radius 3 is 2.50 bits per heavy atom. The zero-order chi connectivity index (χ0) is 7.40. The summed E-state index contributed by atoms with van der Waals surface area (Å²) in [4.78, 5) is 4.54. The molecule has 0 radical (unpaired) electrons. The van der Waals surface area contributed by atoms with Gasteiger partial charge in [0.05, 0.1) is 0 Å². The Balaban J connectivity index is 2.30. The molecule has 1 rings (SSSR count). The third-order valence-corrected chi connectivity index (χ3v) is 1.95. The minimum atomic E-state index is 0.886.